The molecule has 0 aliphatic heterocycles. The predicted molar refractivity (Wildman–Crippen MR) is 106 cm³/mol. The van der Waals surface area contributed by atoms with Crippen LogP contribution in [0, 0.1) is 0 Å². The number of rotatable bonds is 4. The molecule has 28 heavy (non-hydrogen) atoms. The molecule has 3 heterocycles. The SMILES string of the molecule is Cn1cc(-c2ccc(-n3cnc4cnc(N[C@H]5CC[C@H](O)C5)nc43)cc2)cn1. The van der Waals surface area contributed by atoms with Gasteiger partial charge in [-0.2, -0.15) is 10.1 Å². The Morgan fingerprint density at radius 2 is 1.93 bits per heavy atom. The van der Waals surface area contributed by atoms with Gasteiger partial charge < -0.3 is 10.4 Å². The van der Waals surface area contributed by atoms with Crippen LogP contribution in [-0.2, 0) is 7.05 Å². The first-order chi connectivity index (χ1) is 13.7. The van der Waals surface area contributed by atoms with E-state index in [2.05, 4.69) is 37.5 Å². The van der Waals surface area contributed by atoms with Crippen LogP contribution in [0.1, 0.15) is 19.3 Å². The number of nitrogens with one attached hydrogen (secondary N) is 1. The van der Waals surface area contributed by atoms with Crippen LogP contribution in [0.2, 0.25) is 0 Å². The van der Waals surface area contributed by atoms with Gasteiger partial charge in [-0.3, -0.25) is 9.25 Å². The van der Waals surface area contributed by atoms with Gasteiger partial charge in [0.25, 0.3) is 0 Å². The largest absolute Gasteiger partial charge is 0.393 e. The molecular formula is C20H21N7O. The molecule has 3 aromatic heterocycles. The maximum atomic E-state index is 9.71. The summed E-state index contributed by atoms with van der Waals surface area (Å²) in [6, 6.07) is 8.44. The van der Waals surface area contributed by atoms with E-state index >= 15 is 0 Å². The summed E-state index contributed by atoms with van der Waals surface area (Å²) in [6.45, 7) is 0. The number of imidazole rings is 1. The number of aliphatic hydroxyl groups excluding tert-OH is 1. The van der Waals surface area contributed by atoms with Gasteiger partial charge in [0, 0.05) is 30.5 Å². The van der Waals surface area contributed by atoms with E-state index < -0.39 is 0 Å². The summed E-state index contributed by atoms with van der Waals surface area (Å²) in [4.78, 5) is 13.5. The first kappa shape index (κ1) is 16.9. The Bertz CT molecular complexity index is 1120. The number of anilines is 1. The lowest BCUT2D eigenvalue weighted by molar-refractivity contribution is 0.182. The Morgan fingerprint density at radius 1 is 1.07 bits per heavy atom. The van der Waals surface area contributed by atoms with Crippen LogP contribution < -0.4 is 5.32 Å². The van der Waals surface area contributed by atoms with Crippen molar-refractivity contribution >= 4 is 17.1 Å². The maximum absolute atomic E-state index is 9.71. The first-order valence-corrected chi connectivity index (χ1v) is 9.40. The molecule has 8 heteroatoms. The van der Waals surface area contributed by atoms with Gasteiger partial charge in [-0.15, -0.1) is 0 Å². The molecular weight excluding hydrogens is 354 g/mol. The van der Waals surface area contributed by atoms with Crippen LogP contribution in [0.15, 0.2) is 49.2 Å². The van der Waals surface area contributed by atoms with Crippen molar-refractivity contribution in [2.75, 3.05) is 5.32 Å². The summed E-state index contributed by atoms with van der Waals surface area (Å²) in [5, 5.41) is 17.3. The zero-order valence-corrected chi connectivity index (χ0v) is 15.5. The molecule has 2 atom stereocenters. The number of fused-ring (bicyclic) bond motifs is 1. The molecule has 0 bridgehead atoms. The molecule has 1 aliphatic rings. The van der Waals surface area contributed by atoms with Gasteiger partial charge >= 0.3 is 0 Å². The minimum absolute atomic E-state index is 0.211. The van der Waals surface area contributed by atoms with E-state index in [4.69, 9.17) is 0 Å². The number of hydrogen-bond donors (Lipinski definition) is 2. The molecule has 0 saturated heterocycles. The molecule has 1 aromatic carbocycles. The summed E-state index contributed by atoms with van der Waals surface area (Å²) in [7, 11) is 1.91. The van der Waals surface area contributed by atoms with Crippen molar-refractivity contribution in [1.82, 2.24) is 29.3 Å². The van der Waals surface area contributed by atoms with Gasteiger partial charge in [-0.05, 0) is 37.0 Å². The second kappa shape index (κ2) is 6.72. The summed E-state index contributed by atoms with van der Waals surface area (Å²) in [5.41, 5.74) is 4.67. The fraction of sp³-hybridized carbons (Fsp3) is 0.300. The highest BCUT2D eigenvalue weighted by Crippen LogP contribution is 2.24. The fourth-order valence-electron chi connectivity index (χ4n) is 3.72. The summed E-state index contributed by atoms with van der Waals surface area (Å²) in [5.74, 6) is 0.570. The van der Waals surface area contributed by atoms with E-state index in [1.807, 2.05) is 36.1 Å². The summed E-state index contributed by atoms with van der Waals surface area (Å²) < 4.78 is 3.75. The lowest BCUT2D eigenvalue weighted by atomic mass is 10.1. The molecule has 1 saturated carbocycles. The fourth-order valence-corrected chi connectivity index (χ4v) is 3.72. The molecule has 1 fully saturated rings. The van der Waals surface area contributed by atoms with Crippen molar-refractivity contribution in [3.05, 3.63) is 49.2 Å². The van der Waals surface area contributed by atoms with Crippen LogP contribution in [-0.4, -0.2) is 46.6 Å². The maximum Gasteiger partial charge on any atom is 0.224 e. The molecule has 2 N–H and O–H groups in total. The van der Waals surface area contributed by atoms with E-state index in [1.54, 1.807) is 17.2 Å². The third-order valence-corrected chi connectivity index (χ3v) is 5.21. The average Bonchev–Trinajstić information content (AvgIpc) is 3.42. The lowest BCUT2D eigenvalue weighted by Gasteiger charge is -2.12. The summed E-state index contributed by atoms with van der Waals surface area (Å²) in [6.07, 6.45) is 9.59. The molecule has 8 nitrogen and oxygen atoms in total. The standard InChI is InChI=1S/C20H21N7O/c1-26-11-14(9-23-26)13-2-5-16(6-3-13)27-12-22-18-10-21-20(25-19(18)27)24-15-4-7-17(28)8-15/h2-3,5-6,9-12,15,17,28H,4,7-8H2,1H3,(H,21,24,25)/t15-,17-/m0/s1. The number of benzene rings is 1. The average molecular weight is 375 g/mol. The molecule has 4 aromatic rings. The van der Waals surface area contributed by atoms with Crippen molar-refractivity contribution in [2.24, 2.45) is 7.05 Å². The smallest absolute Gasteiger partial charge is 0.224 e. The lowest BCUT2D eigenvalue weighted by Crippen LogP contribution is -2.18. The minimum atomic E-state index is -0.231. The highest BCUT2D eigenvalue weighted by atomic mass is 16.3. The molecule has 142 valence electrons. The molecule has 1 aliphatic carbocycles. The van der Waals surface area contributed by atoms with E-state index in [1.165, 1.54) is 0 Å². The van der Waals surface area contributed by atoms with E-state index in [0.29, 0.717) is 5.95 Å². The van der Waals surface area contributed by atoms with Gasteiger partial charge in [0.2, 0.25) is 5.95 Å². The number of aromatic nitrogens is 6. The second-order valence-corrected chi connectivity index (χ2v) is 7.27. The number of nitrogens with zero attached hydrogens (tertiary/aromatic N) is 6. The Kier molecular flexibility index (Phi) is 4.05. The van der Waals surface area contributed by atoms with Gasteiger partial charge in [0.1, 0.15) is 11.8 Å². The third-order valence-electron chi connectivity index (χ3n) is 5.21. The van der Waals surface area contributed by atoms with Crippen molar-refractivity contribution in [3.8, 4) is 16.8 Å². The third kappa shape index (κ3) is 3.11. The molecule has 0 radical (unpaired) electrons. The van der Waals surface area contributed by atoms with Crippen molar-refractivity contribution in [1.29, 1.82) is 0 Å². The van der Waals surface area contributed by atoms with E-state index in [9.17, 15) is 5.11 Å². The number of hydrogen-bond acceptors (Lipinski definition) is 6. The molecule has 5 rings (SSSR count). The number of aliphatic hydroxyl groups is 1. The van der Waals surface area contributed by atoms with Gasteiger partial charge in [-0.1, -0.05) is 12.1 Å². The number of aryl methyl sites for hydroxylation is 1. The molecule has 0 amide bonds. The first-order valence-electron chi connectivity index (χ1n) is 9.40. The molecule has 0 unspecified atom stereocenters. The summed E-state index contributed by atoms with van der Waals surface area (Å²) >= 11 is 0. The Labute approximate surface area is 161 Å². The zero-order valence-electron chi connectivity index (χ0n) is 15.5. The monoisotopic (exact) mass is 375 g/mol. The van der Waals surface area contributed by atoms with Crippen LogP contribution in [0.3, 0.4) is 0 Å². The Morgan fingerprint density at radius 3 is 2.64 bits per heavy atom. The Hall–Kier alpha value is -3.26. The van der Waals surface area contributed by atoms with Gasteiger partial charge in [-0.25, -0.2) is 9.97 Å². The highest BCUT2D eigenvalue weighted by molar-refractivity contribution is 5.74. The predicted octanol–water partition coefficient (Wildman–Crippen LogP) is 2.54. The van der Waals surface area contributed by atoms with Crippen molar-refractivity contribution in [2.45, 2.75) is 31.4 Å². The van der Waals surface area contributed by atoms with Gasteiger partial charge in [0.05, 0.1) is 18.5 Å². The van der Waals surface area contributed by atoms with Crippen LogP contribution in [0.25, 0.3) is 28.0 Å². The highest BCUT2D eigenvalue weighted by Gasteiger charge is 2.23. The quantitative estimate of drug-likeness (QED) is 0.569. The van der Waals surface area contributed by atoms with Crippen LogP contribution in [0.5, 0.6) is 0 Å². The van der Waals surface area contributed by atoms with Crippen molar-refractivity contribution < 1.29 is 5.11 Å². The van der Waals surface area contributed by atoms with Crippen molar-refractivity contribution in [3.63, 3.8) is 0 Å². The van der Waals surface area contributed by atoms with Crippen LogP contribution >= 0.6 is 0 Å². The van der Waals surface area contributed by atoms with Gasteiger partial charge in [0.15, 0.2) is 5.65 Å². The molecule has 0 spiro atoms. The van der Waals surface area contributed by atoms with E-state index in [-0.39, 0.29) is 12.1 Å². The minimum Gasteiger partial charge on any atom is -0.393 e. The van der Waals surface area contributed by atoms with Crippen LogP contribution in [0.4, 0.5) is 5.95 Å². The topological polar surface area (TPSA) is 93.7 Å². The normalized spacial score (nSPS) is 19.4. The second-order valence-electron chi connectivity index (χ2n) is 7.27. The Balaban J connectivity index is 1.44. The van der Waals surface area contributed by atoms with E-state index in [0.717, 1.165) is 47.2 Å². The zero-order chi connectivity index (χ0) is 19.1.